The maximum atomic E-state index is 13.0. The standard InChI is InChI=1S/C20H30N2O2/c1-16-8-11-22(15-18(16)23)19(24)20(2)9-12-21(13-10-20)14-17-6-4-3-5-7-17/h3-7,16,18,23H,8-15H2,1-2H3/t16-,18+/m1/s1. The normalized spacial score (nSPS) is 27.9. The number of carbonyl (C=O) groups is 1. The highest BCUT2D eigenvalue weighted by molar-refractivity contribution is 5.82. The minimum absolute atomic E-state index is 0.243. The molecule has 1 N–H and O–H groups in total. The van der Waals surface area contributed by atoms with Crippen LogP contribution in [-0.4, -0.2) is 53.1 Å². The van der Waals surface area contributed by atoms with Crippen LogP contribution in [0.2, 0.25) is 0 Å². The number of likely N-dealkylation sites (tertiary alicyclic amines) is 2. The molecule has 2 atom stereocenters. The van der Waals surface area contributed by atoms with E-state index in [9.17, 15) is 9.90 Å². The lowest BCUT2D eigenvalue weighted by Gasteiger charge is -2.43. The highest BCUT2D eigenvalue weighted by Gasteiger charge is 2.41. The van der Waals surface area contributed by atoms with E-state index in [2.05, 4.69) is 43.0 Å². The van der Waals surface area contributed by atoms with Crippen LogP contribution in [0.1, 0.15) is 38.7 Å². The summed E-state index contributed by atoms with van der Waals surface area (Å²) in [5.41, 5.74) is 1.06. The fourth-order valence-electron chi connectivity index (χ4n) is 3.88. The molecule has 4 heteroatoms. The topological polar surface area (TPSA) is 43.8 Å². The number of β-amino-alcohol motifs (C(OH)–C–C–N with tert-alkyl or cyclic N) is 1. The summed E-state index contributed by atoms with van der Waals surface area (Å²) >= 11 is 0. The zero-order valence-corrected chi connectivity index (χ0v) is 14.9. The van der Waals surface area contributed by atoms with Crippen LogP contribution in [0.5, 0.6) is 0 Å². The second kappa shape index (κ2) is 7.24. The van der Waals surface area contributed by atoms with Gasteiger partial charge in [-0.05, 0) is 43.8 Å². The summed E-state index contributed by atoms with van der Waals surface area (Å²) in [6.07, 6.45) is 2.34. The molecular weight excluding hydrogens is 300 g/mol. The Labute approximate surface area is 145 Å². The number of benzene rings is 1. The van der Waals surface area contributed by atoms with Crippen LogP contribution >= 0.6 is 0 Å². The van der Waals surface area contributed by atoms with Gasteiger partial charge in [0.25, 0.3) is 0 Å². The van der Waals surface area contributed by atoms with Gasteiger partial charge in [-0.1, -0.05) is 44.2 Å². The van der Waals surface area contributed by atoms with E-state index in [1.54, 1.807) is 0 Å². The summed E-state index contributed by atoms with van der Waals surface area (Å²) in [4.78, 5) is 17.3. The van der Waals surface area contributed by atoms with Crippen molar-refractivity contribution >= 4 is 5.91 Å². The average Bonchev–Trinajstić information content (AvgIpc) is 2.60. The van der Waals surface area contributed by atoms with Crippen LogP contribution in [-0.2, 0) is 11.3 Å². The van der Waals surface area contributed by atoms with Crippen molar-refractivity contribution in [2.75, 3.05) is 26.2 Å². The van der Waals surface area contributed by atoms with Crippen LogP contribution in [0.4, 0.5) is 0 Å². The molecule has 132 valence electrons. The molecule has 2 saturated heterocycles. The van der Waals surface area contributed by atoms with E-state index in [1.165, 1.54) is 5.56 Å². The number of rotatable bonds is 3. The summed E-state index contributed by atoms with van der Waals surface area (Å²) in [5.74, 6) is 0.544. The molecule has 1 amide bonds. The number of piperidine rings is 2. The average molecular weight is 330 g/mol. The van der Waals surface area contributed by atoms with Crippen LogP contribution in [0, 0.1) is 11.3 Å². The van der Waals surface area contributed by atoms with Crippen LogP contribution in [0.25, 0.3) is 0 Å². The lowest BCUT2D eigenvalue weighted by atomic mass is 9.78. The Morgan fingerprint density at radius 3 is 2.50 bits per heavy atom. The first-order valence-electron chi connectivity index (χ1n) is 9.22. The molecule has 0 unspecified atom stereocenters. The van der Waals surface area contributed by atoms with Gasteiger partial charge >= 0.3 is 0 Å². The van der Waals surface area contributed by atoms with Gasteiger partial charge < -0.3 is 10.0 Å². The van der Waals surface area contributed by atoms with Crippen molar-refractivity contribution in [3.05, 3.63) is 35.9 Å². The maximum absolute atomic E-state index is 13.0. The highest BCUT2D eigenvalue weighted by Crippen LogP contribution is 2.34. The third-order valence-electron chi connectivity index (χ3n) is 5.93. The van der Waals surface area contributed by atoms with Crippen molar-refractivity contribution in [1.82, 2.24) is 9.80 Å². The monoisotopic (exact) mass is 330 g/mol. The van der Waals surface area contributed by atoms with Crippen molar-refractivity contribution in [1.29, 1.82) is 0 Å². The Bertz CT molecular complexity index is 552. The van der Waals surface area contributed by atoms with Gasteiger partial charge in [-0.3, -0.25) is 9.69 Å². The molecule has 2 fully saturated rings. The molecule has 0 saturated carbocycles. The summed E-state index contributed by atoms with van der Waals surface area (Å²) in [6, 6.07) is 10.5. The Balaban J connectivity index is 1.55. The number of hydrogen-bond donors (Lipinski definition) is 1. The minimum atomic E-state index is -0.371. The van der Waals surface area contributed by atoms with Crippen molar-refractivity contribution in [3.63, 3.8) is 0 Å². The molecule has 1 aromatic rings. The molecule has 4 nitrogen and oxygen atoms in total. The van der Waals surface area contributed by atoms with Gasteiger partial charge in [0.1, 0.15) is 0 Å². The second-order valence-electron chi connectivity index (χ2n) is 7.91. The summed E-state index contributed by atoms with van der Waals surface area (Å²) in [6.45, 7) is 8.36. The number of hydrogen-bond acceptors (Lipinski definition) is 3. The molecule has 24 heavy (non-hydrogen) atoms. The van der Waals surface area contributed by atoms with E-state index in [1.807, 2.05) is 11.0 Å². The second-order valence-corrected chi connectivity index (χ2v) is 7.91. The van der Waals surface area contributed by atoms with Crippen LogP contribution in [0.3, 0.4) is 0 Å². The van der Waals surface area contributed by atoms with Crippen LogP contribution < -0.4 is 0 Å². The van der Waals surface area contributed by atoms with Gasteiger partial charge in [-0.15, -0.1) is 0 Å². The third kappa shape index (κ3) is 3.81. The zero-order valence-electron chi connectivity index (χ0n) is 14.9. The molecule has 3 rings (SSSR count). The molecule has 0 aliphatic carbocycles. The molecule has 2 aliphatic heterocycles. The molecule has 0 radical (unpaired) electrons. The molecule has 2 heterocycles. The van der Waals surface area contributed by atoms with Gasteiger partial charge in [0.05, 0.1) is 6.10 Å². The highest BCUT2D eigenvalue weighted by atomic mass is 16.3. The quantitative estimate of drug-likeness (QED) is 0.926. The lowest BCUT2D eigenvalue weighted by molar-refractivity contribution is -0.148. The predicted octanol–water partition coefficient (Wildman–Crippen LogP) is 2.52. The Morgan fingerprint density at radius 1 is 1.21 bits per heavy atom. The maximum Gasteiger partial charge on any atom is 0.228 e. The van der Waals surface area contributed by atoms with E-state index in [-0.39, 0.29) is 17.4 Å². The largest absolute Gasteiger partial charge is 0.391 e. The Morgan fingerprint density at radius 2 is 1.88 bits per heavy atom. The van der Waals surface area contributed by atoms with Crippen molar-refractivity contribution < 1.29 is 9.90 Å². The fourth-order valence-corrected chi connectivity index (χ4v) is 3.88. The Kier molecular flexibility index (Phi) is 5.26. The summed E-state index contributed by atoms with van der Waals surface area (Å²) in [5, 5.41) is 10.1. The number of aliphatic hydroxyl groups is 1. The summed E-state index contributed by atoms with van der Waals surface area (Å²) < 4.78 is 0. The van der Waals surface area contributed by atoms with Gasteiger partial charge in [0.15, 0.2) is 0 Å². The molecule has 1 aromatic carbocycles. The fraction of sp³-hybridized carbons (Fsp3) is 0.650. The molecular formula is C20H30N2O2. The van der Waals surface area contributed by atoms with Gasteiger partial charge in [-0.25, -0.2) is 0 Å². The number of carbonyl (C=O) groups excluding carboxylic acids is 1. The number of aliphatic hydroxyl groups excluding tert-OH is 1. The molecule has 0 aromatic heterocycles. The molecule has 0 spiro atoms. The zero-order chi connectivity index (χ0) is 17.2. The van der Waals surface area contributed by atoms with Gasteiger partial charge in [0.2, 0.25) is 5.91 Å². The van der Waals surface area contributed by atoms with E-state index < -0.39 is 0 Å². The molecule has 2 aliphatic rings. The first-order chi connectivity index (χ1) is 11.5. The molecule has 0 bridgehead atoms. The van der Waals surface area contributed by atoms with E-state index in [0.717, 1.165) is 45.4 Å². The van der Waals surface area contributed by atoms with E-state index in [0.29, 0.717) is 12.5 Å². The lowest BCUT2D eigenvalue weighted by Crippen LogP contribution is -2.53. The number of amides is 1. The third-order valence-corrected chi connectivity index (χ3v) is 5.93. The van der Waals surface area contributed by atoms with Gasteiger partial charge in [-0.2, -0.15) is 0 Å². The smallest absolute Gasteiger partial charge is 0.228 e. The van der Waals surface area contributed by atoms with Crippen LogP contribution in [0.15, 0.2) is 30.3 Å². The Hall–Kier alpha value is -1.39. The SMILES string of the molecule is C[C@@H]1CCN(C(=O)C2(C)CCN(Cc3ccccc3)CC2)C[C@@H]1O. The van der Waals surface area contributed by atoms with E-state index in [4.69, 9.17) is 0 Å². The van der Waals surface area contributed by atoms with Crippen molar-refractivity contribution in [2.45, 2.75) is 45.8 Å². The van der Waals surface area contributed by atoms with Gasteiger partial charge in [0, 0.05) is 25.0 Å². The summed E-state index contributed by atoms with van der Waals surface area (Å²) in [7, 11) is 0. The first-order valence-corrected chi connectivity index (χ1v) is 9.22. The van der Waals surface area contributed by atoms with Crippen molar-refractivity contribution in [2.24, 2.45) is 11.3 Å². The minimum Gasteiger partial charge on any atom is -0.391 e. The first kappa shape index (κ1) is 17.4. The van der Waals surface area contributed by atoms with E-state index >= 15 is 0 Å². The van der Waals surface area contributed by atoms with Crippen molar-refractivity contribution in [3.8, 4) is 0 Å². The predicted molar refractivity (Wildman–Crippen MR) is 95.4 cm³/mol. The number of nitrogens with zero attached hydrogens (tertiary/aromatic N) is 2.